The first-order valence-electron chi connectivity index (χ1n) is 9.51. The number of hydrogen-bond acceptors (Lipinski definition) is 1. The Morgan fingerprint density at radius 3 is 2.11 bits per heavy atom. The normalized spacial score (nSPS) is 13.8. The zero-order valence-corrected chi connectivity index (χ0v) is 17.5. The maximum Gasteiger partial charge on any atom is 0.0702 e. The fourth-order valence-electron chi connectivity index (χ4n) is 4.28. The number of nitrogens with zero attached hydrogens (tertiary/aromatic N) is 1. The lowest BCUT2D eigenvalue weighted by molar-refractivity contribution is 0.660. The van der Waals surface area contributed by atoms with Gasteiger partial charge in [0.1, 0.15) is 0 Å². The highest BCUT2D eigenvalue weighted by molar-refractivity contribution is 9.10. The van der Waals surface area contributed by atoms with E-state index in [0.29, 0.717) is 0 Å². The Balaban J connectivity index is 1.56. The largest absolute Gasteiger partial charge is 0.256 e. The van der Waals surface area contributed by atoms with E-state index in [-0.39, 0.29) is 5.41 Å². The van der Waals surface area contributed by atoms with Crippen LogP contribution in [-0.4, -0.2) is 4.98 Å². The quantitative estimate of drug-likeness (QED) is 0.324. The second kappa shape index (κ2) is 6.42. The van der Waals surface area contributed by atoms with E-state index in [1.54, 1.807) is 0 Å². The van der Waals surface area contributed by atoms with Crippen LogP contribution in [0.4, 0.5) is 0 Å². The van der Waals surface area contributed by atoms with Gasteiger partial charge in [-0.2, -0.15) is 0 Å². The Kier molecular flexibility index (Phi) is 3.99. The van der Waals surface area contributed by atoms with Gasteiger partial charge in [-0.3, -0.25) is 4.98 Å². The predicted molar refractivity (Wildman–Crippen MR) is 120 cm³/mol. The Hall–Kier alpha value is -2.71. The van der Waals surface area contributed by atoms with Crippen LogP contribution in [0.25, 0.3) is 33.5 Å². The topological polar surface area (TPSA) is 12.9 Å². The number of rotatable bonds is 2. The van der Waals surface area contributed by atoms with E-state index in [0.717, 1.165) is 21.3 Å². The van der Waals surface area contributed by atoms with Crippen LogP contribution in [0.5, 0.6) is 0 Å². The molecule has 0 spiro atoms. The molecule has 0 atom stereocenters. The predicted octanol–water partition coefficient (Wildman–Crippen LogP) is 7.48. The number of fused-ring (bicyclic) bond motifs is 3. The van der Waals surface area contributed by atoms with E-state index in [2.05, 4.69) is 96.5 Å². The summed E-state index contributed by atoms with van der Waals surface area (Å²) in [6, 6.07) is 28.0. The molecule has 1 nitrogen and oxygen atoms in total. The smallest absolute Gasteiger partial charge is 0.0702 e. The van der Waals surface area contributed by atoms with Gasteiger partial charge in [-0.1, -0.05) is 90.4 Å². The number of pyridine rings is 1. The van der Waals surface area contributed by atoms with Gasteiger partial charge in [0, 0.05) is 27.2 Å². The van der Waals surface area contributed by atoms with Gasteiger partial charge in [-0.05, 0) is 46.0 Å². The Morgan fingerprint density at radius 2 is 1.36 bits per heavy atom. The molecule has 0 amide bonds. The molecule has 28 heavy (non-hydrogen) atoms. The first-order chi connectivity index (χ1) is 13.6. The first kappa shape index (κ1) is 17.4. The van der Waals surface area contributed by atoms with Crippen molar-refractivity contribution in [1.82, 2.24) is 4.98 Å². The van der Waals surface area contributed by atoms with Crippen molar-refractivity contribution >= 4 is 15.9 Å². The summed E-state index contributed by atoms with van der Waals surface area (Å²) in [5, 5.41) is 0. The Bertz CT molecular complexity index is 1190. The summed E-state index contributed by atoms with van der Waals surface area (Å²) in [5.74, 6) is 0. The average Bonchev–Trinajstić information content (AvgIpc) is 2.96. The van der Waals surface area contributed by atoms with Crippen molar-refractivity contribution < 1.29 is 0 Å². The first-order valence-corrected chi connectivity index (χ1v) is 10.3. The van der Waals surface area contributed by atoms with Crippen molar-refractivity contribution in [2.45, 2.75) is 19.3 Å². The molecule has 0 N–H and O–H groups in total. The molecule has 0 aliphatic heterocycles. The SMILES string of the molecule is CC1(C)c2ccccc2-c2ccc(-c3ccc(-c4ccccc4Br)cn3)cc21. The molecule has 0 saturated heterocycles. The minimum absolute atomic E-state index is 0.0107. The van der Waals surface area contributed by atoms with Crippen LogP contribution in [0.1, 0.15) is 25.0 Å². The molecule has 4 aromatic rings. The monoisotopic (exact) mass is 425 g/mol. The Morgan fingerprint density at radius 1 is 0.679 bits per heavy atom. The van der Waals surface area contributed by atoms with E-state index in [1.807, 2.05) is 18.3 Å². The molecule has 1 aliphatic rings. The van der Waals surface area contributed by atoms with Crippen LogP contribution in [-0.2, 0) is 5.41 Å². The van der Waals surface area contributed by atoms with Gasteiger partial charge >= 0.3 is 0 Å². The zero-order chi connectivity index (χ0) is 19.3. The van der Waals surface area contributed by atoms with E-state index in [4.69, 9.17) is 4.98 Å². The van der Waals surface area contributed by atoms with E-state index < -0.39 is 0 Å². The van der Waals surface area contributed by atoms with Crippen LogP contribution in [0.3, 0.4) is 0 Å². The summed E-state index contributed by atoms with van der Waals surface area (Å²) >= 11 is 3.63. The van der Waals surface area contributed by atoms with Crippen molar-refractivity contribution in [3.63, 3.8) is 0 Å². The number of benzene rings is 3. The molecule has 3 aromatic carbocycles. The van der Waals surface area contributed by atoms with Crippen molar-refractivity contribution in [2.24, 2.45) is 0 Å². The fourth-order valence-corrected chi connectivity index (χ4v) is 4.80. The summed E-state index contributed by atoms with van der Waals surface area (Å²) < 4.78 is 1.08. The van der Waals surface area contributed by atoms with Crippen LogP contribution < -0.4 is 0 Å². The van der Waals surface area contributed by atoms with Crippen LogP contribution in [0, 0.1) is 0 Å². The minimum Gasteiger partial charge on any atom is -0.256 e. The third-order valence-electron chi connectivity index (χ3n) is 5.83. The highest BCUT2D eigenvalue weighted by Crippen LogP contribution is 2.49. The Labute approximate surface area is 174 Å². The molecule has 136 valence electrons. The summed E-state index contributed by atoms with van der Waals surface area (Å²) in [6.07, 6.45) is 1.96. The highest BCUT2D eigenvalue weighted by Gasteiger charge is 2.35. The van der Waals surface area contributed by atoms with Crippen molar-refractivity contribution in [3.05, 3.63) is 101 Å². The number of hydrogen-bond donors (Lipinski definition) is 0. The fraction of sp³-hybridized carbons (Fsp3) is 0.115. The second-order valence-corrected chi connectivity index (χ2v) is 8.70. The standard InChI is InChI=1S/C26H20BrN/c1-26(2)22-9-5-3-8-20(22)21-13-11-17(15-23(21)26)25-14-12-18(16-28-25)19-7-4-6-10-24(19)27/h3-16H,1-2H3. The highest BCUT2D eigenvalue weighted by atomic mass is 79.9. The van der Waals surface area contributed by atoms with Crippen molar-refractivity contribution in [1.29, 1.82) is 0 Å². The van der Waals surface area contributed by atoms with Gasteiger partial charge in [0.05, 0.1) is 5.69 Å². The lowest BCUT2D eigenvalue weighted by Gasteiger charge is -2.21. The van der Waals surface area contributed by atoms with Gasteiger partial charge in [0.25, 0.3) is 0 Å². The number of aromatic nitrogens is 1. The van der Waals surface area contributed by atoms with Gasteiger partial charge in [0.15, 0.2) is 0 Å². The summed E-state index contributed by atoms with van der Waals surface area (Å²) in [4.78, 5) is 4.77. The van der Waals surface area contributed by atoms with Crippen LogP contribution in [0.15, 0.2) is 89.5 Å². The minimum atomic E-state index is 0.0107. The molecule has 1 aliphatic carbocycles. The molecular weight excluding hydrogens is 406 g/mol. The van der Waals surface area contributed by atoms with Crippen molar-refractivity contribution in [3.8, 4) is 33.5 Å². The van der Waals surface area contributed by atoms with Gasteiger partial charge in [0.2, 0.25) is 0 Å². The molecule has 0 fully saturated rings. The number of halogens is 1. The van der Waals surface area contributed by atoms with Gasteiger partial charge in [-0.25, -0.2) is 0 Å². The molecule has 1 aromatic heterocycles. The molecule has 0 bridgehead atoms. The third-order valence-corrected chi connectivity index (χ3v) is 6.52. The van der Waals surface area contributed by atoms with Gasteiger partial charge in [-0.15, -0.1) is 0 Å². The molecule has 1 heterocycles. The van der Waals surface area contributed by atoms with Crippen molar-refractivity contribution in [2.75, 3.05) is 0 Å². The lowest BCUT2D eigenvalue weighted by Crippen LogP contribution is -2.14. The van der Waals surface area contributed by atoms with E-state index in [1.165, 1.54) is 27.8 Å². The molecule has 0 radical (unpaired) electrons. The third kappa shape index (κ3) is 2.63. The summed E-state index contributed by atoms with van der Waals surface area (Å²) in [5.41, 5.74) is 9.93. The maximum absolute atomic E-state index is 4.77. The van der Waals surface area contributed by atoms with E-state index >= 15 is 0 Å². The lowest BCUT2D eigenvalue weighted by atomic mass is 9.82. The summed E-state index contributed by atoms with van der Waals surface area (Å²) in [7, 11) is 0. The zero-order valence-electron chi connectivity index (χ0n) is 15.9. The molecule has 2 heteroatoms. The van der Waals surface area contributed by atoms with Gasteiger partial charge < -0.3 is 0 Å². The maximum atomic E-state index is 4.77. The molecule has 0 unspecified atom stereocenters. The molecule has 5 rings (SSSR count). The van der Waals surface area contributed by atoms with Crippen LogP contribution >= 0.6 is 15.9 Å². The second-order valence-electron chi connectivity index (χ2n) is 7.84. The molecular formula is C26H20BrN. The van der Waals surface area contributed by atoms with E-state index in [9.17, 15) is 0 Å². The molecule has 0 saturated carbocycles. The summed E-state index contributed by atoms with van der Waals surface area (Å²) in [6.45, 7) is 4.62. The van der Waals surface area contributed by atoms with Crippen LogP contribution in [0.2, 0.25) is 0 Å². The average molecular weight is 426 g/mol.